The summed E-state index contributed by atoms with van der Waals surface area (Å²) in [6.07, 6.45) is 12.8. The van der Waals surface area contributed by atoms with Crippen LogP contribution in [0.25, 0.3) is 0 Å². The smallest absolute Gasteiger partial charge is 0.288 e. The van der Waals surface area contributed by atoms with Crippen LogP contribution < -0.4 is 0 Å². The zero-order chi connectivity index (χ0) is 18.4. The van der Waals surface area contributed by atoms with Gasteiger partial charge in [0.15, 0.2) is 0 Å². The number of aliphatic hydroxyl groups is 3. The molecule has 0 aromatic heterocycles. The third-order valence-corrected chi connectivity index (χ3v) is 4.51. The number of hydrogen-bond acceptors (Lipinski definition) is 4. The van der Waals surface area contributed by atoms with Gasteiger partial charge in [0.25, 0.3) is 5.97 Å². The van der Waals surface area contributed by atoms with E-state index in [0.717, 1.165) is 24.9 Å². The summed E-state index contributed by atoms with van der Waals surface area (Å²) in [4.78, 5) is 1.90. The van der Waals surface area contributed by atoms with Gasteiger partial charge in [-0.25, -0.2) is 0 Å². The van der Waals surface area contributed by atoms with Crippen LogP contribution in [0.2, 0.25) is 0 Å². The van der Waals surface area contributed by atoms with Gasteiger partial charge in [0, 0.05) is 6.54 Å². The largest absolute Gasteiger partial charge is 0.343 e. The maximum absolute atomic E-state index is 9.30. The molecule has 144 valence electrons. The lowest BCUT2D eigenvalue weighted by Gasteiger charge is -2.26. The van der Waals surface area contributed by atoms with E-state index in [2.05, 4.69) is 6.92 Å². The first-order chi connectivity index (χ1) is 12.0. The van der Waals surface area contributed by atoms with Crippen LogP contribution in [0.15, 0.2) is 30.3 Å². The lowest BCUT2D eigenvalue weighted by Crippen LogP contribution is -2.43. The lowest BCUT2D eigenvalue weighted by molar-refractivity contribution is -0.317. The Bertz CT molecular complexity index is 417. The lowest BCUT2D eigenvalue weighted by atomic mass is 10.1. The highest BCUT2D eigenvalue weighted by Gasteiger charge is 2.22. The van der Waals surface area contributed by atoms with Crippen molar-refractivity contribution in [3.63, 3.8) is 0 Å². The summed E-state index contributed by atoms with van der Waals surface area (Å²) in [5.41, 5.74) is 1.11. The minimum absolute atomic E-state index is 0.153. The van der Waals surface area contributed by atoms with Crippen LogP contribution in [0.5, 0.6) is 0 Å². The SMILES string of the molecule is CCCCCCCCCCCCN(Cc1ccccc1)CC(O)(O)O. The van der Waals surface area contributed by atoms with Crippen molar-refractivity contribution < 1.29 is 15.3 Å². The van der Waals surface area contributed by atoms with Gasteiger partial charge in [-0.3, -0.25) is 4.90 Å². The van der Waals surface area contributed by atoms with Gasteiger partial charge in [0.05, 0.1) is 6.54 Å². The Labute approximate surface area is 153 Å². The Morgan fingerprint density at radius 1 is 0.760 bits per heavy atom. The monoisotopic (exact) mass is 351 g/mol. The highest BCUT2D eigenvalue weighted by Crippen LogP contribution is 2.13. The Kier molecular flexibility index (Phi) is 11.7. The number of benzene rings is 1. The van der Waals surface area contributed by atoms with Gasteiger partial charge in [-0.15, -0.1) is 0 Å². The van der Waals surface area contributed by atoms with Crippen LogP contribution in [-0.2, 0) is 6.54 Å². The second-order valence-corrected chi connectivity index (χ2v) is 7.15. The molecule has 0 unspecified atom stereocenters. The standard InChI is InChI=1S/C21H37NO3/c1-2-3-4-5-6-7-8-9-10-14-17-22(19-21(23,24)25)18-20-15-12-11-13-16-20/h11-13,15-16,23-25H,2-10,14,17-19H2,1H3. The Hall–Kier alpha value is -0.940. The normalized spacial score (nSPS) is 12.0. The van der Waals surface area contributed by atoms with Crippen molar-refractivity contribution >= 4 is 0 Å². The summed E-state index contributed by atoms with van der Waals surface area (Å²) in [5.74, 6) is -2.63. The highest BCUT2D eigenvalue weighted by molar-refractivity contribution is 5.14. The first-order valence-corrected chi connectivity index (χ1v) is 9.94. The van der Waals surface area contributed by atoms with Crippen molar-refractivity contribution in [2.75, 3.05) is 13.1 Å². The number of nitrogens with zero attached hydrogens (tertiary/aromatic N) is 1. The zero-order valence-corrected chi connectivity index (χ0v) is 15.9. The first kappa shape index (κ1) is 22.1. The van der Waals surface area contributed by atoms with Crippen molar-refractivity contribution in [3.05, 3.63) is 35.9 Å². The molecule has 0 aliphatic heterocycles. The molecule has 0 spiro atoms. The summed E-state index contributed by atoms with van der Waals surface area (Å²) in [6, 6.07) is 9.93. The van der Waals surface area contributed by atoms with E-state index in [0.29, 0.717) is 6.54 Å². The van der Waals surface area contributed by atoms with E-state index >= 15 is 0 Å². The van der Waals surface area contributed by atoms with Crippen LogP contribution in [0.3, 0.4) is 0 Å². The molecule has 0 bridgehead atoms. The van der Waals surface area contributed by atoms with Gasteiger partial charge in [-0.05, 0) is 18.5 Å². The van der Waals surface area contributed by atoms with Crippen LogP contribution >= 0.6 is 0 Å². The molecule has 0 atom stereocenters. The number of hydrogen-bond donors (Lipinski definition) is 3. The van der Waals surface area contributed by atoms with E-state index < -0.39 is 5.97 Å². The van der Waals surface area contributed by atoms with Crippen molar-refractivity contribution in [1.29, 1.82) is 0 Å². The molecule has 1 aromatic rings. The molecular weight excluding hydrogens is 314 g/mol. The predicted molar refractivity (Wildman–Crippen MR) is 103 cm³/mol. The highest BCUT2D eigenvalue weighted by atomic mass is 16.7. The molecule has 0 aliphatic carbocycles. The molecular formula is C21H37NO3. The molecule has 4 heteroatoms. The molecule has 4 nitrogen and oxygen atoms in total. The van der Waals surface area contributed by atoms with E-state index in [1.54, 1.807) is 0 Å². The maximum Gasteiger partial charge on any atom is 0.288 e. The van der Waals surface area contributed by atoms with Gasteiger partial charge in [-0.2, -0.15) is 0 Å². The summed E-state index contributed by atoms with van der Waals surface area (Å²) in [5, 5.41) is 27.9. The van der Waals surface area contributed by atoms with Crippen molar-refractivity contribution in [1.82, 2.24) is 4.90 Å². The molecule has 0 heterocycles. The number of unbranched alkanes of at least 4 members (excludes halogenated alkanes) is 9. The molecule has 0 fully saturated rings. The molecule has 0 aliphatic rings. The van der Waals surface area contributed by atoms with Crippen LogP contribution in [-0.4, -0.2) is 39.3 Å². The van der Waals surface area contributed by atoms with E-state index in [1.807, 2.05) is 35.2 Å². The first-order valence-electron chi connectivity index (χ1n) is 9.94. The van der Waals surface area contributed by atoms with Gasteiger partial charge >= 0.3 is 0 Å². The van der Waals surface area contributed by atoms with Crippen LogP contribution in [0.1, 0.15) is 76.7 Å². The quantitative estimate of drug-likeness (QED) is 0.330. The minimum atomic E-state index is -2.63. The Morgan fingerprint density at radius 2 is 1.28 bits per heavy atom. The van der Waals surface area contributed by atoms with E-state index in [9.17, 15) is 15.3 Å². The van der Waals surface area contributed by atoms with Crippen molar-refractivity contribution in [2.45, 2.75) is 83.6 Å². The van der Waals surface area contributed by atoms with Gasteiger partial charge in [0.2, 0.25) is 0 Å². The molecule has 0 saturated carbocycles. The fraction of sp³-hybridized carbons (Fsp3) is 0.714. The van der Waals surface area contributed by atoms with Gasteiger partial charge in [-0.1, -0.05) is 95.0 Å². The fourth-order valence-corrected chi connectivity index (χ4v) is 3.18. The third kappa shape index (κ3) is 13.0. The summed E-state index contributed by atoms with van der Waals surface area (Å²) in [6.45, 7) is 3.46. The molecule has 25 heavy (non-hydrogen) atoms. The second-order valence-electron chi connectivity index (χ2n) is 7.15. The minimum Gasteiger partial charge on any atom is -0.343 e. The Morgan fingerprint density at radius 3 is 1.80 bits per heavy atom. The molecule has 3 N–H and O–H groups in total. The predicted octanol–water partition coefficient (Wildman–Crippen LogP) is 4.04. The topological polar surface area (TPSA) is 63.9 Å². The summed E-state index contributed by atoms with van der Waals surface area (Å²) in [7, 11) is 0. The number of rotatable bonds is 15. The third-order valence-electron chi connectivity index (χ3n) is 4.51. The van der Waals surface area contributed by atoms with E-state index in [4.69, 9.17) is 0 Å². The fourth-order valence-electron chi connectivity index (χ4n) is 3.18. The maximum atomic E-state index is 9.30. The van der Waals surface area contributed by atoms with E-state index in [-0.39, 0.29) is 6.54 Å². The average molecular weight is 352 g/mol. The summed E-state index contributed by atoms with van der Waals surface area (Å²) >= 11 is 0. The molecule has 0 radical (unpaired) electrons. The van der Waals surface area contributed by atoms with Gasteiger partial charge < -0.3 is 15.3 Å². The van der Waals surface area contributed by atoms with E-state index in [1.165, 1.54) is 51.4 Å². The van der Waals surface area contributed by atoms with Crippen molar-refractivity contribution in [3.8, 4) is 0 Å². The summed E-state index contributed by atoms with van der Waals surface area (Å²) < 4.78 is 0. The molecule has 0 saturated heterocycles. The second kappa shape index (κ2) is 13.3. The van der Waals surface area contributed by atoms with Gasteiger partial charge in [0.1, 0.15) is 0 Å². The van der Waals surface area contributed by atoms with Crippen molar-refractivity contribution in [2.24, 2.45) is 0 Å². The van der Waals surface area contributed by atoms with Crippen LogP contribution in [0.4, 0.5) is 0 Å². The zero-order valence-electron chi connectivity index (χ0n) is 15.9. The molecule has 1 rings (SSSR count). The van der Waals surface area contributed by atoms with Crippen LogP contribution in [0, 0.1) is 0 Å². The Balaban J connectivity index is 2.18. The molecule has 1 aromatic carbocycles. The molecule has 0 amide bonds. The average Bonchev–Trinajstić information content (AvgIpc) is 2.56.